The minimum atomic E-state index is -0.288. The van der Waals surface area contributed by atoms with Crippen molar-refractivity contribution in [2.24, 2.45) is 0 Å². The van der Waals surface area contributed by atoms with Gasteiger partial charge in [-0.1, -0.05) is 45.7 Å². The Morgan fingerprint density at radius 2 is 1.87 bits per heavy atom. The Bertz CT molecular complexity index is 1010. The first kappa shape index (κ1) is 22.7. The Morgan fingerprint density at radius 3 is 2.50 bits per heavy atom. The zero-order valence-electron chi connectivity index (χ0n) is 16.8. The van der Waals surface area contributed by atoms with E-state index in [1.54, 1.807) is 18.2 Å². The summed E-state index contributed by atoms with van der Waals surface area (Å²) in [6.07, 6.45) is 1.69. The number of benzene rings is 2. The van der Waals surface area contributed by atoms with Gasteiger partial charge in [0, 0.05) is 21.1 Å². The molecule has 0 unspecified atom stereocenters. The molecule has 0 bridgehead atoms. The first-order valence-corrected chi connectivity index (χ1v) is 11.4. The van der Waals surface area contributed by atoms with Crippen LogP contribution in [0.3, 0.4) is 0 Å². The summed E-state index contributed by atoms with van der Waals surface area (Å²) in [4.78, 5) is 26.4. The summed E-state index contributed by atoms with van der Waals surface area (Å²) in [5.74, 6) is 0.807. The lowest BCUT2D eigenvalue weighted by Gasteiger charge is -2.16. The number of imide groups is 1. The van der Waals surface area contributed by atoms with Crippen molar-refractivity contribution in [3.63, 3.8) is 0 Å². The molecule has 158 valence electrons. The van der Waals surface area contributed by atoms with E-state index >= 15 is 0 Å². The lowest BCUT2D eigenvalue weighted by Crippen LogP contribution is -2.34. The molecule has 8 heteroatoms. The molecular formula is C22H21BrClNO4S. The standard InChI is InChI=1S/C22H21BrClNO4S/c1-4-28-18-9-15(10-20-21(26)25(13(2)3)22(27)30-20)16(23)11-19(18)29-12-14-7-5-6-8-17(14)24/h5-11,13H,4,12H2,1-3H3/b20-10+. The van der Waals surface area contributed by atoms with Crippen LogP contribution >= 0.6 is 39.3 Å². The number of nitrogens with zero attached hydrogens (tertiary/aromatic N) is 1. The Labute approximate surface area is 193 Å². The smallest absolute Gasteiger partial charge is 0.293 e. The maximum absolute atomic E-state index is 12.6. The summed E-state index contributed by atoms with van der Waals surface area (Å²) in [7, 11) is 0. The van der Waals surface area contributed by atoms with Crippen molar-refractivity contribution in [1.29, 1.82) is 0 Å². The van der Waals surface area contributed by atoms with Gasteiger partial charge in [0.1, 0.15) is 6.61 Å². The van der Waals surface area contributed by atoms with E-state index in [9.17, 15) is 9.59 Å². The lowest BCUT2D eigenvalue weighted by molar-refractivity contribution is -0.123. The van der Waals surface area contributed by atoms with Crippen molar-refractivity contribution in [3.8, 4) is 11.5 Å². The summed E-state index contributed by atoms with van der Waals surface area (Å²) in [5, 5.41) is 0.370. The molecule has 2 aromatic carbocycles. The third kappa shape index (κ3) is 5.02. The third-order valence-electron chi connectivity index (χ3n) is 4.33. The van der Waals surface area contributed by atoms with E-state index in [1.165, 1.54) is 4.90 Å². The van der Waals surface area contributed by atoms with Crippen LogP contribution in [0.25, 0.3) is 6.08 Å². The zero-order chi connectivity index (χ0) is 21.8. The summed E-state index contributed by atoms with van der Waals surface area (Å²) >= 11 is 10.7. The molecule has 5 nitrogen and oxygen atoms in total. The lowest BCUT2D eigenvalue weighted by atomic mass is 10.1. The second kappa shape index (κ2) is 9.90. The molecule has 1 fully saturated rings. The third-order valence-corrected chi connectivity index (χ3v) is 6.27. The average molecular weight is 511 g/mol. The molecule has 3 rings (SSSR count). The maximum atomic E-state index is 12.6. The highest BCUT2D eigenvalue weighted by atomic mass is 79.9. The van der Waals surface area contributed by atoms with E-state index < -0.39 is 0 Å². The number of carbonyl (C=O) groups is 2. The molecule has 0 aromatic heterocycles. The predicted octanol–water partition coefficient (Wildman–Crippen LogP) is 6.52. The zero-order valence-corrected chi connectivity index (χ0v) is 19.9. The minimum absolute atomic E-state index is 0.189. The van der Waals surface area contributed by atoms with Crippen LogP contribution < -0.4 is 9.47 Å². The molecule has 0 saturated carbocycles. The number of halogens is 2. The molecule has 30 heavy (non-hydrogen) atoms. The summed E-state index contributed by atoms with van der Waals surface area (Å²) in [5.41, 5.74) is 1.59. The Kier molecular flexibility index (Phi) is 7.50. The second-order valence-corrected chi connectivity index (χ2v) is 9.03. The van der Waals surface area contributed by atoms with Crippen molar-refractivity contribution >= 4 is 56.5 Å². The molecule has 1 saturated heterocycles. The Hall–Kier alpha value is -1.96. The highest BCUT2D eigenvalue weighted by Crippen LogP contribution is 2.39. The highest BCUT2D eigenvalue weighted by molar-refractivity contribution is 9.10. The molecule has 0 N–H and O–H groups in total. The number of ether oxygens (including phenoxy) is 2. The van der Waals surface area contributed by atoms with Gasteiger partial charge in [0.05, 0.1) is 11.5 Å². The molecule has 1 heterocycles. The van der Waals surface area contributed by atoms with Crippen LogP contribution in [0.1, 0.15) is 31.9 Å². The van der Waals surface area contributed by atoms with E-state index in [4.69, 9.17) is 21.1 Å². The normalized spacial score (nSPS) is 15.4. The van der Waals surface area contributed by atoms with Gasteiger partial charge >= 0.3 is 0 Å². The fraction of sp³-hybridized carbons (Fsp3) is 0.273. The average Bonchev–Trinajstić information content (AvgIpc) is 2.97. The van der Waals surface area contributed by atoms with Gasteiger partial charge < -0.3 is 9.47 Å². The first-order chi connectivity index (χ1) is 14.3. The van der Waals surface area contributed by atoms with Crippen molar-refractivity contribution in [2.75, 3.05) is 6.61 Å². The molecule has 0 atom stereocenters. The van der Waals surface area contributed by atoms with Crippen LogP contribution in [0.5, 0.6) is 11.5 Å². The SMILES string of the molecule is CCOc1cc(/C=C2/SC(=O)N(C(C)C)C2=O)c(Br)cc1OCc1ccccc1Cl. The van der Waals surface area contributed by atoms with Crippen molar-refractivity contribution in [2.45, 2.75) is 33.4 Å². The largest absolute Gasteiger partial charge is 0.490 e. The topological polar surface area (TPSA) is 55.8 Å². The van der Waals surface area contributed by atoms with Gasteiger partial charge in [-0.15, -0.1) is 0 Å². The number of hydrogen-bond donors (Lipinski definition) is 0. The van der Waals surface area contributed by atoms with Gasteiger partial charge in [-0.05, 0) is 62.4 Å². The van der Waals surface area contributed by atoms with Crippen LogP contribution in [0, 0.1) is 0 Å². The molecule has 0 spiro atoms. The van der Waals surface area contributed by atoms with Gasteiger partial charge in [-0.2, -0.15) is 0 Å². The quantitative estimate of drug-likeness (QED) is 0.397. The van der Waals surface area contributed by atoms with Crippen LogP contribution in [-0.2, 0) is 11.4 Å². The van der Waals surface area contributed by atoms with Crippen LogP contribution in [0.15, 0.2) is 45.8 Å². The van der Waals surface area contributed by atoms with Crippen LogP contribution in [0.2, 0.25) is 5.02 Å². The molecular weight excluding hydrogens is 490 g/mol. The van der Waals surface area contributed by atoms with E-state index in [1.807, 2.05) is 45.0 Å². The maximum Gasteiger partial charge on any atom is 0.293 e. The minimum Gasteiger partial charge on any atom is -0.490 e. The molecule has 1 aliphatic rings. The number of amides is 2. The number of thioether (sulfide) groups is 1. The van der Waals surface area contributed by atoms with Crippen molar-refractivity contribution in [1.82, 2.24) is 4.90 Å². The first-order valence-electron chi connectivity index (χ1n) is 9.41. The molecule has 0 aliphatic carbocycles. The van der Waals surface area contributed by atoms with Gasteiger partial charge in [-0.3, -0.25) is 14.5 Å². The summed E-state index contributed by atoms with van der Waals surface area (Å²) in [6.45, 7) is 6.25. The van der Waals surface area contributed by atoms with E-state index in [0.29, 0.717) is 34.6 Å². The van der Waals surface area contributed by atoms with E-state index in [-0.39, 0.29) is 17.2 Å². The number of rotatable bonds is 7. The summed E-state index contributed by atoms with van der Waals surface area (Å²) in [6, 6.07) is 10.9. The van der Waals surface area contributed by atoms with Crippen molar-refractivity contribution < 1.29 is 19.1 Å². The van der Waals surface area contributed by atoms with E-state index in [2.05, 4.69) is 15.9 Å². The summed E-state index contributed by atoms with van der Waals surface area (Å²) < 4.78 is 12.4. The van der Waals surface area contributed by atoms with Gasteiger partial charge in [0.25, 0.3) is 11.1 Å². The van der Waals surface area contributed by atoms with E-state index in [0.717, 1.165) is 27.4 Å². The van der Waals surface area contributed by atoms with Gasteiger partial charge in [-0.25, -0.2) is 0 Å². The number of hydrogen-bond acceptors (Lipinski definition) is 5. The molecule has 2 aromatic rings. The molecule has 1 aliphatic heterocycles. The van der Waals surface area contributed by atoms with Crippen LogP contribution in [0.4, 0.5) is 4.79 Å². The predicted molar refractivity (Wildman–Crippen MR) is 124 cm³/mol. The molecule has 0 radical (unpaired) electrons. The van der Waals surface area contributed by atoms with Crippen molar-refractivity contribution in [3.05, 3.63) is 61.9 Å². The Morgan fingerprint density at radius 1 is 1.17 bits per heavy atom. The molecule has 2 amide bonds. The Balaban J connectivity index is 1.89. The fourth-order valence-corrected chi connectivity index (χ4v) is 4.46. The van der Waals surface area contributed by atoms with Crippen LogP contribution in [-0.4, -0.2) is 28.7 Å². The second-order valence-electron chi connectivity index (χ2n) is 6.78. The monoisotopic (exact) mass is 509 g/mol. The fourth-order valence-electron chi connectivity index (χ4n) is 2.88. The van der Waals surface area contributed by atoms with Gasteiger partial charge in [0.2, 0.25) is 0 Å². The number of carbonyl (C=O) groups excluding carboxylic acids is 2. The van der Waals surface area contributed by atoms with Gasteiger partial charge in [0.15, 0.2) is 11.5 Å². The highest BCUT2D eigenvalue weighted by Gasteiger charge is 2.36.